The lowest BCUT2D eigenvalue weighted by Gasteiger charge is -2.62. The second-order valence-electron chi connectivity index (χ2n) is 25.7. The van der Waals surface area contributed by atoms with Gasteiger partial charge in [0.1, 0.15) is 0 Å². The van der Waals surface area contributed by atoms with Crippen LogP contribution in [0, 0.1) is 92.7 Å². The maximum atomic E-state index is 12.5. The van der Waals surface area contributed by atoms with Gasteiger partial charge < -0.3 is 30.1 Å². The van der Waals surface area contributed by atoms with Crippen LogP contribution in [0.4, 0.5) is 0 Å². The molecule has 0 saturated heterocycles. The zero-order valence-corrected chi connectivity index (χ0v) is 43.3. The van der Waals surface area contributed by atoms with Gasteiger partial charge in [-0.25, -0.2) is 0 Å². The molecule has 0 radical (unpaired) electrons. The van der Waals surface area contributed by atoms with Crippen LogP contribution in [-0.2, 0) is 29.2 Å². The summed E-state index contributed by atoms with van der Waals surface area (Å²) < 4.78 is 44.3. The SMILES string of the molecule is C[C@@H](CCC(=O)O)[C@@H]1CCC2C3C(CC[C@]21C)[C@]1(C)CC[C@H](OCCCCCO[C@H]2CC[C@]4(C)C(C2)C[C@@H](O)C2C4CC[C@]4(C)C2CC[C@H]4[C@@H](C)CCC(=O)NCCS(=O)(=O)O)CC1C[C@H]3O. The monoisotopic (exact) mass is 960 g/mol. The highest BCUT2D eigenvalue weighted by atomic mass is 32.2. The van der Waals surface area contributed by atoms with Crippen molar-refractivity contribution in [1.82, 2.24) is 5.32 Å². The Kier molecular flexibility index (Phi) is 16.0. The minimum absolute atomic E-state index is 0.0697. The molecule has 0 aromatic carbocycles. The fourth-order valence-corrected chi connectivity index (χ4v) is 19.4. The number of amides is 1. The topological polar surface area (TPSA) is 180 Å². The van der Waals surface area contributed by atoms with Crippen LogP contribution in [-0.4, -0.2) is 90.1 Å². The lowest BCUT2D eigenvalue weighted by atomic mass is 9.43. The molecule has 0 spiro atoms. The predicted octanol–water partition coefficient (Wildman–Crippen LogP) is 10.1. The number of carboxylic acid groups (broad SMARTS) is 1. The van der Waals surface area contributed by atoms with Crippen LogP contribution >= 0.6 is 0 Å². The first-order valence-electron chi connectivity index (χ1n) is 27.7. The zero-order chi connectivity index (χ0) is 48.1. The lowest BCUT2D eigenvalue weighted by Crippen LogP contribution is -2.58. The molecule has 8 aliphatic rings. The number of aliphatic hydroxyl groups excluding tert-OH is 2. The molecule has 20 atom stereocenters. The van der Waals surface area contributed by atoms with Crippen molar-refractivity contribution in [3.8, 4) is 0 Å². The number of unbranched alkanes of at least 4 members (excludes halogenated alkanes) is 2. The van der Waals surface area contributed by atoms with Gasteiger partial charge in [0, 0.05) is 32.6 Å². The van der Waals surface area contributed by atoms with E-state index in [9.17, 15) is 33.3 Å². The van der Waals surface area contributed by atoms with E-state index >= 15 is 0 Å². The van der Waals surface area contributed by atoms with Gasteiger partial charge in [-0.3, -0.25) is 14.1 Å². The molecule has 8 unspecified atom stereocenters. The maximum Gasteiger partial charge on any atom is 0.303 e. The smallest absolute Gasteiger partial charge is 0.303 e. The number of carbonyl (C=O) groups excluding carboxylic acids is 1. The van der Waals surface area contributed by atoms with Crippen molar-refractivity contribution in [2.75, 3.05) is 25.5 Å². The summed E-state index contributed by atoms with van der Waals surface area (Å²) in [5.74, 6) is 4.41. The first-order chi connectivity index (χ1) is 31.7. The van der Waals surface area contributed by atoms with Crippen LogP contribution in [0.3, 0.4) is 0 Å². The second kappa shape index (κ2) is 20.7. The van der Waals surface area contributed by atoms with E-state index in [-0.39, 0.29) is 64.9 Å². The second-order valence-corrected chi connectivity index (χ2v) is 27.3. The minimum atomic E-state index is -4.09. The highest BCUT2D eigenvalue weighted by Gasteiger charge is 2.65. The van der Waals surface area contributed by atoms with Gasteiger partial charge in [0.15, 0.2) is 0 Å². The number of nitrogens with one attached hydrogen (secondary N) is 1. The van der Waals surface area contributed by atoms with Gasteiger partial charge in [0.25, 0.3) is 10.1 Å². The molecule has 384 valence electrons. The lowest BCUT2D eigenvalue weighted by molar-refractivity contribution is -0.178. The molecule has 67 heavy (non-hydrogen) atoms. The predicted molar refractivity (Wildman–Crippen MR) is 260 cm³/mol. The van der Waals surface area contributed by atoms with Crippen molar-refractivity contribution in [2.45, 2.75) is 214 Å². The first-order valence-corrected chi connectivity index (χ1v) is 29.3. The Morgan fingerprint density at radius 2 is 1.04 bits per heavy atom. The molecule has 5 N–H and O–H groups in total. The molecule has 1 amide bonds. The molecule has 8 saturated carbocycles. The number of carboxylic acids is 1. The number of aliphatic carboxylic acids is 1. The average Bonchev–Trinajstić information content (AvgIpc) is 3.81. The number of hydrogen-bond donors (Lipinski definition) is 5. The van der Waals surface area contributed by atoms with E-state index in [4.69, 9.17) is 14.0 Å². The summed E-state index contributed by atoms with van der Waals surface area (Å²) in [6.07, 6.45) is 23.3. The fraction of sp³-hybridized carbons (Fsp3) is 0.964. The van der Waals surface area contributed by atoms with E-state index < -0.39 is 21.8 Å². The summed E-state index contributed by atoms with van der Waals surface area (Å²) >= 11 is 0. The van der Waals surface area contributed by atoms with Gasteiger partial charge in [-0.1, -0.05) is 41.5 Å². The number of rotatable bonds is 19. The third-order valence-corrected chi connectivity index (χ3v) is 23.3. The van der Waals surface area contributed by atoms with Crippen LogP contribution in [0.25, 0.3) is 0 Å². The molecule has 0 bridgehead atoms. The van der Waals surface area contributed by atoms with Crippen LogP contribution < -0.4 is 5.32 Å². The normalized spacial score (nSPS) is 45.6. The molecule has 8 fully saturated rings. The standard InChI is InChI=1S/C55H93NO10S/c1-34(10-16-48(59)56-26-29-67(62,63)64)40-12-14-42-50-44(20-24-54(40,42)5)52(3)22-18-38(30-36(52)32-46(50)57)65-27-8-7-9-28-66-39-19-23-53(4)37(31-39)33-47(58)51-43-15-13-41(35(2)11-17-49(60)61)55(43,6)25-21-45(51)53/h34-47,50-51,57-58H,7-33H2,1-6H3,(H,56,59)(H,60,61)(H,62,63,64)/t34-,35-,36?,37?,38-,39-,40-,41-,42?,43?,44?,45?,46+,47+,50?,51?,52+,53+,54-,55-/m0/s1. The highest BCUT2D eigenvalue weighted by Crippen LogP contribution is 2.70. The van der Waals surface area contributed by atoms with Crippen molar-refractivity contribution >= 4 is 22.0 Å². The van der Waals surface area contributed by atoms with E-state index in [1.165, 1.54) is 44.9 Å². The van der Waals surface area contributed by atoms with Gasteiger partial charge in [-0.15, -0.1) is 0 Å². The summed E-state index contributed by atoms with van der Waals surface area (Å²) in [6, 6.07) is 0. The van der Waals surface area contributed by atoms with Gasteiger partial charge in [0.05, 0.1) is 30.2 Å². The zero-order valence-electron chi connectivity index (χ0n) is 42.5. The fourth-order valence-electron chi connectivity index (χ4n) is 19.0. The molecule has 8 aliphatic carbocycles. The quantitative estimate of drug-likeness (QED) is 0.0618. The summed E-state index contributed by atoms with van der Waals surface area (Å²) in [7, 11) is -4.09. The molecular formula is C55H93NO10S. The Balaban J connectivity index is 0.732. The number of carbonyl (C=O) groups is 2. The molecule has 12 heteroatoms. The summed E-state index contributed by atoms with van der Waals surface area (Å²) in [5, 5.41) is 35.8. The highest BCUT2D eigenvalue weighted by molar-refractivity contribution is 7.85. The Morgan fingerprint density at radius 3 is 1.49 bits per heavy atom. The largest absolute Gasteiger partial charge is 0.481 e. The van der Waals surface area contributed by atoms with Crippen LogP contribution in [0.15, 0.2) is 0 Å². The van der Waals surface area contributed by atoms with Gasteiger partial charge >= 0.3 is 5.97 Å². The molecule has 0 aromatic rings. The molecule has 8 rings (SSSR count). The first kappa shape index (κ1) is 52.0. The third-order valence-electron chi connectivity index (χ3n) is 22.6. The van der Waals surface area contributed by atoms with E-state index in [1.54, 1.807) is 0 Å². The number of aliphatic hydroxyl groups is 2. The summed E-state index contributed by atoms with van der Waals surface area (Å²) in [6.45, 7) is 16.1. The van der Waals surface area contributed by atoms with E-state index in [1.807, 2.05) is 0 Å². The van der Waals surface area contributed by atoms with Crippen molar-refractivity contribution < 1.29 is 47.4 Å². The molecule has 0 aliphatic heterocycles. The van der Waals surface area contributed by atoms with Crippen molar-refractivity contribution in [3.63, 3.8) is 0 Å². The average molecular weight is 960 g/mol. The van der Waals surface area contributed by atoms with Crippen molar-refractivity contribution in [2.24, 2.45) is 92.7 Å². The Labute approximate surface area is 405 Å². The molecule has 11 nitrogen and oxygen atoms in total. The van der Waals surface area contributed by atoms with Gasteiger partial charge in [-0.05, 0) is 228 Å². The Bertz CT molecular complexity index is 1830. The number of fused-ring (bicyclic) bond motifs is 10. The Morgan fingerprint density at radius 1 is 0.612 bits per heavy atom. The van der Waals surface area contributed by atoms with Crippen LogP contribution in [0.2, 0.25) is 0 Å². The number of hydrogen-bond acceptors (Lipinski definition) is 8. The maximum absolute atomic E-state index is 12.5. The molecule has 0 aromatic heterocycles. The van der Waals surface area contributed by atoms with Crippen LogP contribution in [0.5, 0.6) is 0 Å². The Hall–Kier alpha value is -1.31. The van der Waals surface area contributed by atoms with E-state index in [2.05, 4.69) is 46.9 Å². The molecular weight excluding hydrogens is 867 g/mol. The van der Waals surface area contributed by atoms with Crippen molar-refractivity contribution in [3.05, 3.63) is 0 Å². The summed E-state index contributed by atoms with van der Waals surface area (Å²) in [4.78, 5) is 23.8. The van der Waals surface area contributed by atoms with Gasteiger partial charge in [0.2, 0.25) is 5.91 Å². The minimum Gasteiger partial charge on any atom is -0.481 e. The molecule has 0 heterocycles. The van der Waals surface area contributed by atoms with Crippen LogP contribution in [0.1, 0.15) is 189 Å². The van der Waals surface area contributed by atoms with E-state index in [0.717, 1.165) is 103 Å². The van der Waals surface area contributed by atoms with Crippen molar-refractivity contribution in [1.29, 1.82) is 0 Å². The van der Waals surface area contributed by atoms with E-state index in [0.29, 0.717) is 77.4 Å². The number of ether oxygens (including phenoxy) is 2. The summed E-state index contributed by atoms with van der Waals surface area (Å²) in [5.41, 5.74) is 0.877. The van der Waals surface area contributed by atoms with Gasteiger partial charge in [-0.2, -0.15) is 8.42 Å². The third kappa shape index (κ3) is 10.5.